The van der Waals surface area contributed by atoms with Crippen molar-refractivity contribution < 1.29 is 9.59 Å². The van der Waals surface area contributed by atoms with Gasteiger partial charge in [-0.15, -0.1) is 0 Å². The summed E-state index contributed by atoms with van der Waals surface area (Å²) >= 11 is 1.21. The Balaban J connectivity index is 3.11. The van der Waals surface area contributed by atoms with Gasteiger partial charge in [0.1, 0.15) is 5.78 Å². The minimum atomic E-state index is 0.0381. The summed E-state index contributed by atoms with van der Waals surface area (Å²) in [5, 5.41) is 2.84. The minimum Gasteiger partial charge on any atom is -0.347 e. The van der Waals surface area contributed by atoms with Gasteiger partial charge in [0, 0.05) is 19.4 Å². The second kappa shape index (κ2) is 10.0. The fourth-order valence-electron chi connectivity index (χ4n) is 1.24. The molecule has 1 amide bonds. The lowest BCUT2D eigenvalue weighted by Crippen LogP contribution is -2.19. The summed E-state index contributed by atoms with van der Waals surface area (Å²) in [4.78, 5) is 21.8. The number of Topliss-reactive ketones (excluding diaryl/α,β-unsaturated/α-hetero) is 1. The van der Waals surface area contributed by atoms with E-state index in [1.54, 1.807) is 6.26 Å². The molecule has 0 aromatic heterocycles. The highest BCUT2D eigenvalue weighted by Gasteiger charge is 1.98. The Morgan fingerprint density at radius 1 is 1.13 bits per heavy atom. The van der Waals surface area contributed by atoms with Gasteiger partial charge in [-0.1, -0.05) is 31.5 Å². The number of amides is 1. The molecule has 0 saturated carbocycles. The molecule has 0 atom stereocenters. The highest BCUT2D eigenvalue weighted by molar-refractivity contribution is 8.12. The van der Waals surface area contributed by atoms with Crippen molar-refractivity contribution in [2.75, 3.05) is 12.8 Å². The van der Waals surface area contributed by atoms with Crippen molar-refractivity contribution >= 4 is 22.8 Å². The molecule has 0 unspecified atom stereocenters. The molecule has 1 N–H and O–H groups in total. The van der Waals surface area contributed by atoms with Crippen LogP contribution < -0.4 is 5.32 Å². The lowest BCUT2D eigenvalue weighted by atomic mass is 10.1. The van der Waals surface area contributed by atoms with Gasteiger partial charge < -0.3 is 5.32 Å². The summed E-state index contributed by atoms with van der Waals surface area (Å²) in [7, 11) is 0. The molecular formula is C11H21NO2S. The van der Waals surface area contributed by atoms with Gasteiger partial charge in [-0.25, -0.2) is 0 Å². The van der Waals surface area contributed by atoms with E-state index in [1.807, 2.05) is 6.92 Å². The summed E-state index contributed by atoms with van der Waals surface area (Å²) in [6, 6.07) is 0. The van der Waals surface area contributed by atoms with E-state index < -0.39 is 0 Å². The summed E-state index contributed by atoms with van der Waals surface area (Å²) in [6.07, 6.45) is 7.31. The third-order valence-electron chi connectivity index (χ3n) is 2.23. The molecule has 0 aliphatic carbocycles. The van der Waals surface area contributed by atoms with Gasteiger partial charge in [0.25, 0.3) is 5.24 Å². The van der Waals surface area contributed by atoms with Crippen LogP contribution in [-0.4, -0.2) is 23.8 Å². The number of nitrogens with one attached hydrogen (secondary N) is 1. The molecule has 0 spiro atoms. The molecule has 0 aromatic carbocycles. The van der Waals surface area contributed by atoms with Crippen LogP contribution in [0, 0.1) is 0 Å². The van der Waals surface area contributed by atoms with Crippen molar-refractivity contribution in [1.29, 1.82) is 0 Å². The molecule has 0 aliphatic rings. The van der Waals surface area contributed by atoms with Crippen molar-refractivity contribution in [1.82, 2.24) is 5.32 Å². The molecule has 88 valence electrons. The van der Waals surface area contributed by atoms with Gasteiger partial charge in [0.05, 0.1) is 0 Å². The van der Waals surface area contributed by atoms with E-state index in [4.69, 9.17) is 0 Å². The van der Waals surface area contributed by atoms with Gasteiger partial charge in [-0.3, -0.25) is 9.59 Å². The van der Waals surface area contributed by atoms with E-state index in [-0.39, 0.29) is 5.24 Å². The van der Waals surface area contributed by atoms with Crippen LogP contribution in [-0.2, 0) is 4.79 Å². The third-order valence-corrected chi connectivity index (χ3v) is 2.75. The van der Waals surface area contributed by atoms with E-state index in [2.05, 4.69) is 5.32 Å². The Hall–Kier alpha value is -0.510. The molecule has 0 radical (unpaired) electrons. The van der Waals surface area contributed by atoms with Gasteiger partial charge in [0.2, 0.25) is 0 Å². The largest absolute Gasteiger partial charge is 0.347 e. The van der Waals surface area contributed by atoms with Crippen LogP contribution in [0.5, 0.6) is 0 Å². The normalized spacial score (nSPS) is 10.0. The second-order valence-corrected chi connectivity index (χ2v) is 4.25. The Bertz CT molecular complexity index is 175. The number of hydrogen-bond acceptors (Lipinski definition) is 3. The summed E-state index contributed by atoms with van der Waals surface area (Å²) in [5.41, 5.74) is 0. The van der Waals surface area contributed by atoms with Gasteiger partial charge in [0.15, 0.2) is 0 Å². The van der Waals surface area contributed by atoms with Crippen LogP contribution >= 0.6 is 11.8 Å². The smallest absolute Gasteiger partial charge is 0.278 e. The van der Waals surface area contributed by atoms with Gasteiger partial charge in [-0.05, 0) is 19.1 Å². The number of carbonyl (C=O) groups is 2. The second-order valence-electron chi connectivity index (χ2n) is 3.47. The number of ketones is 1. The zero-order valence-electron chi connectivity index (χ0n) is 9.67. The van der Waals surface area contributed by atoms with Crippen molar-refractivity contribution in [3.8, 4) is 0 Å². The SMILES string of the molecule is CCC(=O)CCCCCCNC(=O)SC. The molecular weight excluding hydrogens is 210 g/mol. The molecule has 4 heteroatoms. The van der Waals surface area contributed by atoms with Crippen LogP contribution in [0.2, 0.25) is 0 Å². The van der Waals surface area contributed by atoms with E-state index in [0.717, 1.165) is 32.2 Å². The Morgan fingerprint density at radius 2 is 1.80 bits per heavy atom. The molecule has 0 aromatic rings. The summed E-state index contributed by atoms with van der Waals surface area (Å²) in [6.45, 7) is 2.65. The third kappa shape index (κ3) is 9.79. The van der Waals surface area contributed by atoms with Crippen LogP contribution in [0.25, 0.3) is 0 Å². The lowest BCUT2D eigenvalue weighted by molar-refractivity contribution is -0.118. The number of thioether (sulfide) groups is 1. The van der Waals surface area contributed by atoms with Crippen molar-refractivity contribution in [2.24, 2.45) is 0 Å². The maximum Gasteiger partial charge on any atom is 0.278 e. The molecule has 0 heterocycles. The fourth-order valence-corrected chi connectivity index (χ4v) is 1.49. The molecule has 0 rings (SSSR count). The monoisotopic (exact) mass is 231 g/mol. The number of carbonyl (C=O) groups excluding carboxylic acids is 2. The maximum atomic E-state index is 11.0. The lowest BCUT2D eigenvalue weighted by Gasteiger charge is -2.02. The number of hydrogen-bond donors (Lipinski definition) is 1. The van der Waals surface area contributed by atoms with Crippen molar-refractivity contribution in [3.63, 3.8) is 0 Å². The molecule has 0 fully saturated rings. The molecule has 15 heavy (non-hydrogen) atoms. The van der Waals surface area contributed by atoms with E-state index in [0.29, 0.717) is 18.6 Å². The van der Waals surface area contributed by atoms with Crippen LogP contribution in [0.1, 0.15) is 45.4 Å². The van der Waals surface area contributed by atoms with E-state index in [1.165, 1.54) is 11.8 Å². The fraction of sp³-hybridized carbons (Fsp3) is 0.818. The van der Waals surface area contributed by atoms with Gasteiger partial charge >= 0.3 is 0 Å². The number of unbranched alkanes of at least 4 members (excludes halogenated alkanes) is 3. The van der Waals surface area contributed by atoms with Crippen LogP contribution in [0.3, 0.4) is 0 Å². The predicted molar refractivity (Wildman–Crippen MR) is 65.3 cm³/mol. The minimum absolute atomic E-state index is 0.0381. The molecule has 3 nitrogen and oxygen atoms in total. The number of rotatable bonds is 8. The molecule has 0 saturated heterocycles. The zero-order chi connectivity index (χ0) is 11.5. The summed E-state index contributed by atoms with van der Waals surface area (Å²) in [5.74, 6) is 0.352. The highest BCUT2D eigenvalue weighted by Crippen LogP contribution is 2.04. The van der Waals surface area contributed by atoms with Crippen LogP contribution in [0.4, 0.5) is 4.79 Å². The molecule has 0 aliphatic heterocycles. The van der Waals surface area contributed by atoms with Crippen LogP contribution in [0.15, 0.2) is 0 Å². The first-order valence-corrected chi connectivity index (χ1v) is 6.76. The highest BCUT2D eigenvalue weighted by atomic mass is 32.2. The first-order chi connectivity index (χ1) is 7.20. The first kappa shape index (κ1) is 14.5. The van der Waals surface area contributed by atoms with Crippen molar-refractivity contribution in [2.45, 2.75) is 45.4 Å². The summed E-state index contributed by atoms with van der Waals surface area (Å²) < 4.78 is 0. The Kier molecular flexibility index (Phi) is 9.68. The Morgan fingerprint density at radius 3 is 2.40 bits per heavy atom. The maximum absolute atomic E-state index is 11.0. The van der Waals surface area contributed by atoms with Crippen molar-refractivity contribution in [3.05, 3.63) is 0 Å². The zero-order valence-corrected chi connectivity index (χ0v) is 10.5. The van der Waals surface area contributed by atoms with E-state index in [9.17, 15) is 9.59 Å². The molecule has 0 bridgehead atoms. The quantitative estimate of drug-likeness (QED) is 0.653. The average Bonchev–Trinajstić information content (AvgIpc) is 2.26. The predicted octanol–water partition coefficient (Wildman–Crippen LogP) is 2.99. The Labute approximate surface area is 96.4 Å². The first-order valence-electron chi connectivity index (χ1n) is 5.54. The topological polar surface area (TPSA) is 46.2 Å². The average molecular weight is 231 g/mol. The standard InChI is InChI=1S/C11H21NO2S/c1-3-10(13)8-6-4-5-7-9-12-11(14)15-2/h3-9H2,1-2H3,(H,12,14). The van der Waals surface area contributed by atoms with Gasteiger partial charge in [-0.2, -0.15) is 0 Å². The van der Waals surface area contributed by atoms with E-state index >= 15 is 0 Å².